The van der Waals surface area contributed by atoms with Crippen LogP contribution in [0.4, 0.5) is 0 Å². The summed E-state index contributed by atoms with van der Waals surface area (Å²) in [6.45, 7) is 7.24. The lowest BCUT2D eigenvalue weighted by molar-refractivity contribution is -0.122. The number of amides is 1. The molecule has 0 aliphatic heterocycles. The maximum atomic E-state index is 12.6. The van der Waals surface area contributed by atoms with Crippen molar-refractivity contribution in [2.24, 2.45) is 5.92 Å². The van der Waals surface area contributed by atoms with Gasteiger partial charge in [-0.1, -0.05) is 62.4 Å². The molecule has 33 heavy (non-hydrogen) atoms. The van der Waals surface area contributed by atoms with Crippen LogP contribution in [0.15, 0.2) is 58.1 Å². The first-order valence-electron chi connectivity index (χ1n) is 11.1. The van der Waals surface area contributed by atoms with E-state index in [0.717, 1.165) is 34.6 Å². The van der Waals surface area contributed by atoms with E-state index in [2.05, 4.69) is 31.3 Å². The highest BCUT2D eigenvalue weighted by atomic mass is 35.5. The van der Waals surface area contributed by atoms with Crippen LogP contribution in [0.2, 0.25) is 0 Å². The van der Waals surface area contributed by atoms with Crippen LogP contribution in [0.5, 0.6) is 0 Å². The van der Waals surface area contributed by atoms with Crippen LogP contribution in [0.1, 0.15) is 48.9 Å². The quantitative estimate of drug-likeness (QED) is 0.440. The van der Waals surface area contributed by atoms with E-state index in [1.54, 1.807) is 0 Å². The van der Waals surface area contributed by atoms with Gasteiger partial charge in [0, 0.05) is 24.0 Å². The topological polar surface area (TPSA) is 73.1 Å². The summed E-state index contributed by atoms with van der Waals surface area (Å²) in [6, 6.07) is 15.8. The van der Waals surface area contributed by atoms with Crippen molar-refractivity contribution in [1.29, 1.82) is 0 Å². The van der Waals surface area contributed by atoms with Gasteiger partial charge in [0.1, 0.15) is 0 Å². The monoisotopic (exact) mass is 487 g/mol. The Hall–Kier alpha value is -2.64. The van der Waals surface area contributed by atoms with Gasteiger partial charge in [0.05, 0.1) is 19.0 Å². The number of carbonyl (C=O) groups excluding carboxylic acids is 1. The Labute approximate surface area is 203 Å². The van der Waals surface area contributed by atoms with Gasteiger partial charge in [-0.2, -0.15) is 0 Å². The number of hydrogen-bond acceptors (Lipinski definition) is 4. The smallest absolute Gasteiger partial charge is 0.341 e. The Morgan fingerprint density at radius 3 is 2.18 bits per heavy atom. The number of nitrogens with one attached hydrogen (secondary N) is 1. The zero-order valence-electron chi connectivity index (χ0n) is 19.2. The SMILES string of the molecule is CC(C)Cc1ccc(C(C)C(=O)NCc2ccc(Cn3c(=O)sn(CCCl)c3=O)cc2)cc1. The second-order valence-electron chi connectivity index (χ2n) is 8.61. The third-order valence-corrected chi connectivity index (χ3v) is 6.59. The van der Waals surface area contributed by atoms with E-state index in [1.807, 2.05) is 43.3 Å². The third-order valence-electron chi connectivity index (χ3n) is 5.49. The highest BCUT2D eigenvalue weighted by molar-refractivity contribution is 7.03. The van der Waals surface area contributed by atoms with E-state index in [4.69, 9.17) is 11.6 Å². The third kappa shape index (κ3) is 6.68. The second-order valence-corrected chi connectivity index (χ2v) is 9.96. The van der Waals surface area contributed by atoms with Crippen molar-refractivity contribution in [2.45, 2.75) is 52.7 Å². The minimum Gasteiger partial charge on any atom is -0.352 e. The molecule has 3 rings (SSSR count). The minimum atomic E-state index is -0.340. The van der Waals surface area contributed by atoms with Crippen molar-refractivity contribution in [3.05, 3.63) is 90.9 Å². The Morgan fingerprint density at radius 2 is 1.58 bits per heavy atom. The van der Waals surface area contributed by atoms with Crippen molar-refractivity contribution in [3.63, 3.8) is 0 Å². The van der Waals surface area contributed by atoms with Gasteiger partial charge < -0.3 is 5.32 Å². The molecule has 1 amide bonds. The van der Waals surface area contributed by atoms with Crippen LogP contribution in [-0.4, -0.2) is 20.3 Å². The second kappa shape index (κ2) is 11.5. The molecule has 0 aliphatic carbocycles. The molecule has 1 unspecified atom stereocenters. The van der Waals surface area contributed by atoms with E-state index < -0.39 is 0 Å². The molecule has 3 aromatic rings. The summed E-state index contributed by atoms with van der Waals surface area (Å²) in [6.07, 6.45) is 1.03. The predicted octanol–water partition coefficient (Wildman–Crippen LogP) is 3.98. The molecule has 0 saturated heterocycles. The highest BCUT2D eigenvalue weighted by Gasteiger charge is 2.15. The summed E-state index contributed by atoms with van der Waals surface area (Å²) in [5.74, 6) is 0.615. The fraction of sp³-hybridized carbons (Fsp3) is 0.400. The zero-order chi connectivity index (χ0) is 24.0. The molecule has 0 bridgehead atoms. The number of hydrogen-bond donors (Lipinski definition) is 1. The van der Waals surface area contributed by atoms with E-state index in [-0.39, 0.29) is 34.8 Å². The molecular weight excluding hydrogens is 458 g/mol. The van der Waals surface area contributed by atoms with E-state index in [9.17, 15) is 14.4 Å². The lowest BCUT2D eigenvalue weighted by Gasteiger charge is -2.14. The normalized spacial score (nSPS) is 12.2. The van der Waals surface area contributed by atoms with Crippen molar-refractivity contribution in [1.82, 2.24) is 13.8 Å². The van der Waals surface area contributed by atoms with Crippen molar-refractivity contribution in [2.75, 3.05) is 5.88 Å². The molecule has 1 aromatic heterocycles. The molecule has 0 saturated carbocycles. The van der Waals surface area contributed by atoms with E-state index in [1.165, 1.54) is 14.1 Å². The number of carbonyl (C=O) groups is 1. The molecule has 0 fully saturated rings. The highest BCUT2D eigenvalue weighted by Crippen LogP contribution is 2.18. The van der Waals surface area contributed by atoms with Crippen molar-refractivity contribution in [3.8, 4) is 0 Å². The fourth-order valence-electron chi connectivity index (χ4n) is 3.60. The number of benzene rings is 2. The lowest BCUT2D eigenvalue weighted by atomic mass is 9.96. The number of nitrogens with zero attached hydrogens (tertiary/aromatic N) is 2. The standard InChI is InChI=1S/C25H30ClN3O3S/c1-17(2)14-19-8-10-22(11-9-19)18(3)23(30)27-15-20-4-6-21(7-5-20)16-28-24(31)29(13-12-26)33-25(28)32/h4-11,17-18H,12-16H2,1-3H3,(H,27,30). The van der Waals surface area contributed by atoms with Gasteiger partial charge in [-0.15, -0.1) is 11.6 Å². The molecule has 0 radical (unpaired) electrons. The van der Waals surface area contributed by atoms with Crippen LogP contribution in [-0.2, 0) is 30.8 Å². The average molecular weight is 488 g/mol. The first-order chi connectivity index (χ1) is 15.8. The first kappa shape index (κ1) is 25.0. The number of alkyl halides is 1. The van der Waals surface area contributed by atoms with E-state index >= 15 is 0 Å². The summed E-state index contributed by atoms with van der Waals surface area (Å²) in [5.41, 5.74) is 3.73. The first-order valence-corrected chi connectivity index (χ1v) is 12.4. The fourth-order valence-corrected chi connectivity index (χ4v) is 4.66. The number of halogens is 1. The van der Waals surface area contributed by atoms with Gasteiger partial charge >= 0.3 is 10.6 Å². The maximum Gasteiger partial charge on any atom is 0.341 e. The molecule has 6 nitrogen and oxygen atoms in total. The van der Waals surface area contributed by atoms with Gasteiger partial charge in [-0.3, -0.25) is 9.59 Å². The van der Waals surface area contributed by atoms with Crippen LogP contribution in [0.3, 0.4) is 0 Å². The molecule has 0 spiro atoms. The number of rotatable bonds is 10. The van der Waals surface area contributed by atoms with Gasteiger partial charge in [-0.25, -0.2) is 13.3 Å². The number of aromatic nitrogens is 2. The van der Waals surface area contributed by atoms with E-state index in [0.29, 0.717) is 19.0 Å². The van der Waals surface area contributed by atoms with Crippen molar-refractivity contribution >= 4 is 29.0 Å². The van der Waals surface area contributed by atoms with Gasteiger partial charge in [0.25, 0.3) is 0 Å². The molecule has 8 heteroatoms. The predicted molar refractivity (Wildman–Crippen MR) is 134 cm³/mol. The summed E-state index contributed by atoms with van der Waals surface area (Å²) in [7, 11) is 0. The maximum absolute atomic E-state index is 12.6. The summed E-state index contributed by atoms with van der Waals surface area (Å²) in [4.78, 5) is 36.7. The lowest BCUT2D eigenvalue weighted by Crippen LogP contribution is -2.29. The number of aryl methyl sites for hydroxylation is 1. The summed E-state index contributed by atoms with van der Waals surface area (Å²) >= 11 is 6.56. The largest absolute Gasteiger partial charge is 0.352 e. The summed E-state index contributed by atoms with van der Waals surface area (Å²) < 4.78 is 2.58. The Kier molecular flexibility index (Phi) is 8.69. The molecule has 176 valence electrons. The van der Waals surface area contributed by atoms with Crippen LogP contribution in [0, 0.1) is 5.92 Å². The molecule has 1 heterocycles. The molecule has 0 aliphatic rings. The molecule has 1 atom stereocenters. The average Bonchev–Trinajstić information content (AvgIpc) is 3.05. The van der Waals surface area contributed by atoms with Crippen LogP contribution >= 0.6 is 23.1 Å². The Morgan fingerprint density at radius 1 is 0.970 bits per heavy atom. The molecule has 1 N–H and O–H groups in total. The van der Waals surface area contributed by atoms with Gasteiger partial charge in [0.15, 0.2) is 0 Å². The summed E-state index contributed by atoms with van der Waals surface area (Å²) in [5, 5.41) is 2.99. The van der Waals surface area contributed by atoms with Gasteiger partial charge in [-0.05, 0) is 41.5 Å². The van der Waals surface area contributed by atoms with Crippen LogP contribution < -0.4 is 15.9 Å². The van der Waals surface area contributed by atoms with Gasteiger partial charge in [0.2, 0.25) is 5.91 Å². The Bertz CT molecular complexity index is 1180. The minimum absolute atomic E-state index is 0.0275. The van der Waals surface area contributed by atoms with Crippen molar-refractivity contribution < 1.29 is 4.79 Å². The zero-order valence-corrected chi connectivity index (χ0v) is 20.8. The van der Waals surface area contributed by atoms with Crippen LogP contribution in [0.25, 0.3) is 0 Å². The molecular formula is C25H30ClN3O3S. The molecule has 2 aromatic carbocycles. The Balaban J connectivity index is 1.56.